The molecule has 13 heavy (non-hydrogen) atoms. The molecule has 0 bridgehead atoms. The van der Waals surface area contributed by atoms with E-state index in [9.17, 15) is 0 Å². The fourth-order valence-electron chi connectivity index (χ4n) is 0.894. The Kier molecular flexibility index (Phi) is 3.42. The zero-order chi connectivity index (χ0) is 9.73. The summed E-state index contributed by atoms with van der Waals surface area (Å²) in [6.45, 7) is 2.35. The first-order chi connectivity index (χ1) is 6.14. The Balaban J connectivity index is 2.44. The van der Waals surface area contributed by atoms with Gasteiger partial charge in [0.15, 0.2) is 5.85 Å². The minimum atomic E-state index is -1.00. The van der Waals surface area contributed by atoms with Gasteiger partial charge < -0.3 is 4.74 Å². The van der Waals surface area contributed by atoms with E-state index in [1.807, 2.05) is 37.3 Å². The SMILES string of the molecule is CCC(N)(N)OCc1ccccc1. The van der Waals surface area contributed by atoms with Crippen LogP contribution in [0.15, 0.2) is 30.3 Å². The molecule has 1 rings (SSSR count). The fourth-order valence-corrected chi connectivity index (χ4v) is 0.894. The summed E-state index contributed by atoms with van der Waals surface area (Å²) in [4.78, 5) is 0. The van der Waals surface area contributed by atoms with E-state index in [1.165, 1.54) is 0 Å². The molecule has 1 aromatic carbocycles. The maximum atomic E-state index is 5.62. The van der Waals surface area contributed by atoms with Crippen molar-refractivity contribution in [2.75, 3.05) is 0 Å². The Morgan fingerprint density at radius 3 is 2.38 bits per heavy atom. The highest BCUT2D eigenvalue weighted by Crippen LogP contribution is 2.06. The lowest BCUT2D eigenvalue weighted by Crippen LogP contribution is -2.51. The van der Waals surface area contributed by atoms with Gasteiger partial charge in [0.05, 0.1) is 6.61 Å². The van der Waals surface area contributed by atoms with Crippen molar-refractivity contribution >= 4 is 0 Å². The topological polar surface area (TPSA) is 61.3 Å². The Hall–Kier alpha value is -0.900. The molecule has 0 fully saturated rings. The Bertz CT molecular complexity index is 246. The lowest BCUT2D eigenvalue weighted by Gasteiger charge is -2.22. The molecule has 0 aliphatic rings. The van der Waals surface area contributed by atoms with E-state index < -0.39 is 5.85 Å². The number of hydrogen-bond acceptors (Lipinski definition) is 3. The fraction of sp³-hybridized carbons (Fsp3) is 0.400. The maximum Gasteiger partial charge on any atom is 0.169 e. The second kappa shape index (κ2) is 4.37. The molecule has 0 saturated carbocycles. The molecule has 1 aromatic rings. The van der Waals surface area contributed by atoms with Crippen molar-refractivity contribution in [2.45, 2.75) is 25.8 Å². The monoisotopic (exact) mass is 180 g/mol. The molecule has 0 atom stereocenters. The summed E-state index contributed by atoms with van der Waals surface area (Å²) in [6.07, 6.45) is 0.597. The molecule has 0 amide bonds. The zero-order valence-electron chi connectivity index (χ0n) is 7.86. The molecular weight excluding hydrogens is 164 g/mol. The maximum absolute atomic E-state index is 5.62. The average Bonchev–Trinajstić information content (AvgIpc) is 2.17. The highest BCUT2D eigenvalue weighted by atomic mass is 16.5. The summed E-state index contributed by atoms with van der Waals surface area (Å²) in [6, 6.07) is 9.83. The van der Waals surface area contributed by atoms with Gasteiger partial charge in [0.25, 0.3) is 0 Å². The standard InChI is InChI=1S/C10H16N2O/c1-2-10(11,12)13-8-9-6-4-3-5-7-9/h3-7H,2,8,11-12H2,1H3. The average molecular weight is 180 g/mol. The van der Waals surface area contributed by atoms with Crippen LogP contribution in [0.2, 0.25) is 0 Å². The molecule has 0 aromatic heterocycles. The first-order valence-corrected chi connectivity index (χ1v) is 4.40. The number of hydrogen-bond donors (Lipinski definition) is 2. The van der Waals surface area contributed by atoms with Crippen molar-refractivity contribution in [1.29, 1.82) is 0 Å². The predicted octanol–water partition coefficient (Wildman–Crippen LogP) is 1.18. The van der Waals surface area contributed by atoms with Gasteiger partial charge in [-0.15, -0.1) is 0 Å². The van der Waals surface area contributed by atoms with Crippen LogP contribution in [-0.2, 0) is 11.3 Å². The molecule has 72 valence electrons. The van der Waals surface area contributed by atoms with Crippen molar-refractivity contribution < 1.29 is 4.74 Å². The first kappa shape index (κ1) is 10.2. The zero-order valence-corrected chi connectivity index (χ0v) is 7.86. The minimum Gasteiger partial charge on any atom is -0.343 e. The molecule has 0 saturated heterocycles. The summed E-state index contributed by atoms with van der Waals surface area (Å²) >= 11 is 0. The molecule has 3 nitrogen and oxygen atoms in total. The van der Waals surface area contributed by atoms with Gasteiger partial charge in [0.2, 0.25) is 0 Å². The molecule has 4 N–H and O–H groups in total. The second-order valence-corrected chi connectivity index (χ2v) is 3.08. The minimum absolute atomic E-state index is 0.460. The lowest BCUT2D eigenvalue weighted by molar-refractivity contribution is -0.0507. The third-order valence-corrected chi connectivity index (χ3v) is 1.90. The van der Waals surface area contributed by atoms with Crippen LogP contribution in [-0.4, -0.2) is 5.85 Å². The van der Waals surface area contributed by atoms with Crippen molar-refractivity contribution in [3.05, 3.63) is 35.9 Å². The summed E-state index contributed by atoms with van der Waals surface area (Å²) < 4.78 is 5.32. The normalized spacial score (nSPS) is 11.6. The summed E-state index contributed by atoms with van der Waals surface area (Å²) in [5.74, 6) is -1.00. The van der Waals surface area contributed by atoms with Crippen molar-refractivity contribution in [3.8, 4) is 0 Å². The van der Waals surface area contributed by atoms with Crippen LogP contribution in [0.1, 0.15) is 18.9 Å². The highest BCUT2D eigenvalue weighted by Gasteiger charge is 2.15. The Labute approximate surface area is 78.7 Å². The number of rotatable bonds is 4. The molecule has 0 unspecified atom stereocenters. The smallest absolute Gasteiger partial charge is 0.169 e. The van der Waals surface area contributed by atoms with Crippen molar-refractivity contribution in [2.24, 2.45) is 11.5 Å². The molecule has 0 aliphatic carbocycles. The Morgan fingerprint density at radius 1 is 1.23 bits per heavy atom. The van der Waals surface area contributed by atoms with Gasteiger partial charge in [-0.05, 0) is 5.56 Å². The van der Waals surface area contributed by atoms with Gasteiger partial charge in [-0.2, -0.15) is 0 Å². The van der Waals surface area contributed by atoms with Gasteiger partial charge in [-0.3, -0.25) is 11.5 Å². The van der Waals surface area contributed by atoms with Gasteiger partial charge in [0, 0.05) is 6.42 Å². The van der Waals surface area contributed by atoms with Crippen LogP contribution in [0.25, 0.3) is 0 Å². The molecule has 0 heterocycles. The largest absolute Gasteiger partial charge is 0.343 e. The van der Waals surface area contributed by atoms with Gasteiger partial charge in [-0.1, -0.05) is 37.3 Å². The van der Waals surface area contributed by atoms with Crippen LogP contribution in [0.5, 0.6) is 0 Å². The van der Waals surface area contributed by atoms with E-state index in [1.54, 1.807) is 0 Å². The molecule has 0 aliphatic heterocycles. The summed E-state index contributed by atoms with van der Waals surface area (Å²) in [5, 5.41) is 0. The van der Waals surface area contributed by atoms with Crippen LogP contribution in [0, 0.1) is 0 Å². The number of ether oxygens (including phenoxy) is 1. The lowest BCUT2D eigenvalue weighted by atomic mass is 10.2. The molecule has 0 radical (unpaired) electrons. The van der Waals surface area contributed by atoms with E-state index in [2.05, 4.69) is 0 Å². The van der Waals surface area contributed by atoms with Crippen LogP contribution >= 0.6 is 0 Å². The van der Waals surface area contributed by atoms with Crippen molar-refractivity contribution in [3.63, 3.8) is 0 Å². The number of benzene rings is 1. The summed E-state index contributed by atoms with van der Waals surface area (Å²) in [5.41, 5.74) is 12.3. The third kappa shape index (κ3) is 3.55. The van der Waals surface area contributed by atoms with Gasteiger partial charge in [-0.25, -0.2) is 0 Å². The highest BCUT2D eigenvalue weighted by molar-refractivity contribution is 5.13. The van der Waals surface area contributed by atoms with Crippen LogP contribution in [0.4, 0.5) is 0 Å². The first-order valence-electron chi connectivity index (χ1n) is 4.40. The number of nitrogens with two attached hydrogens (primary N) is 2. The van der Waals surface area contributed by atoms with Crippen LogP contribution in [0.3, 0.4) is 0 Å². The quantitative estimate of drug-likeness (QED) is 0.684. The molecule has 3 heteroatoms. The van der Waals surface area contributed by atoms with Gasteiger partial charge >= 0.3 is 0 Å². The van der Waals surface area contributed by atoms with Gasteiger partial charge in [0.1, 0.15) is 0 Å². The van der Waals surface area contributed by atoms with E-state index in [-0.39, 0.29) is 0 Å². The van der Waals surface area contributed by atoms with E-state index >= 15 is 0 Å². The van der Waals surface area contributed by atoms with Crippen molar-refractivity contribution in [1.82, 2.24) is 0 Å². The molecular formula is C10H16N2O. The van der Waals surface area contributed by atoms with E-state index in [4.69, 9.17) is 16.2 Å². The van der Waals surface area contributed by atoms with E-state index in [0.717, 1.165) is 5.56 Å². The third-order valence-electron chi connectivity index (χ3n) is 1.90. The van der Waals surface area contributed by atoms with Crippen LogP contribution < -0.4 is 11.5 Å². The predicted molar refractivity (Wildman–Crippen MR) is 52.6 cm³/mol. The second-order valence-electron chi connectivity index (χ2n) is 3.08. The molecule has 0 spiro atoms. The Morgan fingerprint density at radius 2 is 1.85 bits per heavy atom. The van der Waals surface area contributed by atoms with E-state index in [0.29, 0.717) is 13.0 Å². The summed E-state index contributed by atoms with van der Waals surface area (Å²) in [7, 11) is 0.